The summed E-state index contributed by atoms with van der Waals surface area (Å²) in [4.78, 5) is 25.6. The van der Waals surface area contributed by atoms with Crippen LogP contribution < -0.4 is 20.3 Å². The van der Waals surface area contributed by atoms with Gasteiger partial charge in [0.15, 0.2) is 0 Å². The van der Waals surface area contributed by atoms with Crippen molar-refractivity contribution in [1.29, 1.82) is 0 Å². The van der Waals surface area contributed by atoms with Crippen molar-refractivity contribution >= 4 is 21.4 Å². The Hall–Kier alpha value is -3.59. The Kier molecular flexibility index (Phi) is 6.69. The topological polar surface area (TPSA) is 104 Å². The van der Waals surface area contributed by atoms with Gasteiger partial charge in [0, 0.05) is 29.6 Å². The molecule has 0 saturated carbocycles. The molecular formula is C23H24N2O6S. The van der Waals surface area contributed by atoms with Crippen molar-refractivity contribution in [2.75, 3.05) is 19.5 Å². The number of anilines is 1. The van der Waals surface area contributed by atoms with Crippen LogP contribution in [0.4, 0.5) is 5.69 Å². The Balaban J connectivity index is 1.97. The lowest BCUT2D eigenvalue weighted by atomic mass is 10.2. The summed E-state index contributed by atoms with van der Waals surface area (Å²) < 4.78 is 37.8. The molecule has 1 N–H and O–H groups in total. The van der Waals surface area contributed by atoms with E-state index in [1.54, 1.807) is 56.3 Å². The van der Waals surface area contributed by atoms with Gasteiger partial charge in [-0.15, -0.1) is 0 Å². The minimum Gasteiger partial charge on any atom is -0.497 e. The number of carbonyl (C=O) groups excluding carboxylic acids is 1. The number of hydrogen-bond acceptors (Lipinski definition) is 6. The maximum atomic E-state index is 13.2. The monoisotopic (exact) mass is 456 g/mol. The van der Waals surface area contributed by atoms with Crippen molar-refractivity contribution in [1.82, 2.24) is 4.57 Å². The zero-order valence-electron chi connectivity index (χ0n) is 18.2. The molecule has 1 aromatic heterocycles. The maximum absolute atomic E-state index is 13.2. The first-order valence-electron chi connectivity index (χ1n) is 9.71. The number of nitrogens with one attached hydrogen (secondary N) is 1. The maximum Gasteiger partial charge on any atom is 0.270 e. The smallest absolute Gasteiger partial charge is 0.270 e. The average molecular weight is 457 g/mol. The normalized spacial score (nSPS) is 11.1. The number of aryl methyl sites for hydroxylation is 2. The second kappa shape index (κ2) is 9.27. The second-order valence-corrected chi connectivity index (χ2v) is 9.04. The van der Waals surface area contributed by atoms with Gasteiger partial charge >= 0.3 is 0 Å². The summed E-state index contributed by atoms with van der Waals surface area (Å²) in [6.45, 7) is 2.86. The molecule has 168 valence electrons. The fourth-order valence-electron chi connectivity index (χ4n) is 3.37. The van der Waals surface area contributed by atoms with Crippen LogP contribution in [0.15, 0.2) is 69.2 Å². The number of pyridine rings is 1. The third-order valence-electron chi connectivity index (χ3n) is 4.91. The van der Waals surface area contributed by atoms with Gasteiger partial charge in [0.1, 0.15) is 22.9 Å². The van der Waals surface area contributed by atoms with Crippen molar-refractivity contribution in [2.24, 2.45) is 0 Å². The first kappa shape index (κ1) is 23.1. The lowest BCUT2D eigenvalue weighted by Crippen LogP contribution is -2.33. The largest absolute Gasteiger partial charge is 0.497 e. The number of hydrogen-bond donors (Lipinski definition) is 1. The van der Waals surface area contributed by atoms with E-state index in [1.807, 2.05) is 0 Å². The fraction of sp³-hybridized carbons (Fsp3) is 0.217. The molecule has 0 fully saturated rings. The van der Waals surface area contributed by atoms with Crippen LogP contribution >= 0.6 is 0 Å². The van der Waals surface area contributed by atoms with E-state index >= 15 is 0 Å². The molecule has 9 heteroatoms. The standard InChI is InChI=1S/C23H24N2O6S/c1-15-10-16(2)25(23(27)22(15)32(28,29)20-8-6-5-7-9-20)14-21(26)24-17-11-18(30-3)13-19(12-17)31-4/h5-13H,14H2,1-4H3,(H,24,26). The van der Waals surface area contributed by atoms with Crippen LogP contribution in [0, 0.1) is 13.8 Å². The number of aromatic nitrogens is 1. The van der Waals surface area contributed by atoms with Crippen LogP contribution in [0.3, 0.4) is 0 Å². The number of methoxy groups -OCH3 is 2. The van der Waals surface area contributed by atoms with Crippen LogP contribution in [0.25, 0.3) is 0 Å². The highest BCUT2D eigenvalue weighted by molar-refractivity contribution is 7.91. The molecule has 0 atom stereocenters. The Bertz CT molecular complexity index is 1290. The highest BCUT2D eigenvalue weighted by Crippen LogP contribution is 2.26. The summed E-state index contributed by atoms with van der Waals surface area (Å²) in [7, 11) is -1.07. The molecular weight excluding hydrogens is 432 g/mol. The molecule has 1 amide bonds. The predicted molar refractivity (Wildman–Crippen MR) is 120 cm³/mol. The van der Waals surface area contributed by atoms with E-state index < -0.39 is 21.3 Å². The highest BCUT2D eigenvalue weighted by Gasteiger charge is 2.26. The lowest BCUT2D eigenvalue weighted by Gasteiger charge is -2.15. The zero-order valence-corrected chi connectivity index (χ0v) is 19.0. The summed E-state index contributed by atoms with van der Waals surface area (Å²) in [5.41, 5.74) is 0.467. The SMILES string of the molecule is COc1cc(NC(=O)Cn2c(C)cc(C)c(S(=O)(=O)c3ccccc3)c2=O)cc(OC)c1. The van der Waals surface area contributed by atoms with Gasteiger partial charge in [-0.1, -0.05) is 18.2 Å². The highest BCUT2D eigenvalue weighted by atomic mass is 32.2. The van der Waals surface area contributed by atoms with E-state index in [0.717, 1.165) is 4.57 Å². The fourth-order valence-corrected chi connectivity index (χ4v) is 4.95. The summed E-state index contributed by atoms with van der Waals surface area (Å²) in [5.74, 6) is 0.469. The first-order valence-corrected chi connectivity index (χ1v) is 11.2. The molecule has 0 unspecified atom stereocenters. The number of carbonyl (C=O) groups is 1. The lowest BCUT2D eigenvalue weighted by molar-refractivity contribution is -0.116. The van der Waals surface area contributed by atoms with Gasteiger partial charge in [0.05, 0.1) is 19.1 Å². The third-order valence-corrected chi connectivity index (χ3v) is 6.83. The van der Waals surface area contributed by atoms with Gasteiger partial charge < -0.3 is 19.4 Å². The molecule has 3 rings (SSSR count). The number of rotatable bonds is 7. The number of sulfone groups is 1. The predicted octanol–water partition coefficient (Wildman–Crippen LogP) is 2.95. The van der Waals surface area contributed by atoms with Crippen LogP contribution in [-0.4, -0.2) is 33.1 Å². The van der Waals surface area contributed by atoms with Crippen LogP contribution in [-0.2, 0) is 21.2 Å². The quantitative estimate of drug-likeness (QED) is 0.586. The molecule has 1 heterocycles. The Labute approximate surface area is 186 Å². The van der Waals surface area contributed by atoms with E-state index in [9.17, 15) is 18.0 Å². The molecule has 0 aliphatic rings. The summed E-state index contributed by atoms with van der Waals surface area (Å²) in [6.07, 6.45) is 0. The number of ether oxygens (including phenoxy) is 2. The second-order valence-electron chi connectivity index (χ2n) is 7.16. The van der Waals surface area contributed by atoms with Gasteiger partial charge in [-0.05, 0) is 37.6 Å². The number of nitrogens with zero attached hydrogens (tertiary/aromatic N) is 1. The molecule has 0 radical (unpaired) electrons. The van der Waals surface area contributed by atoms with Crippen molar-refractivity contribution in [3.8, 4) is 11.5 Å². The molecule has 0 spiro atoms. The molecule has 0 bridgehead atoms. The van der Waals surface area contributed by atoms with Gasteiger partial charge in [-0.2, -0.15) is 0 Å². The minimum atomic E-state index is -4.05. The average Bonchev–Trinajstić information content (AvgIpc) is 2.76. The van der Waals surface area contributed by atoms with E-state index in [0.29, 0.717) is 28.4 Å². The van der Waals surface area contributed by atoms with Crippen molar-refractivity contribution in [3.05, 3.63) is 76.2 Å². The Morgan fingerprint density at radius 2 is 1.56 bits per heavy atom. The van der Waals surface area contributed by atoms with E-state index in [4.69, 9.17) is 9.47 Å². The van der Waals surface area contributed by atoms with E-state index in [1.165, 1.54) is 26.4 Å². The third kappa shape index (κ3) is 4.67. The molecule has 8 nitrogen and oxygen atoms in total. The first-order chi connectivity index (χ1) is 15.2. The summed E-state index contributed by atoms with van der Waals surface area (Å²) >= 11 is 0. The number of amides is 1. The zero-order chi connectivity index (χ0) is 23.5. The number of benzene rings is 2. The van der Waals surface area contributed by atoms with Crippen molar-refractivity contribution in [2.45, 2.75) is 30.2 Å². The van der Waals surface area contributed by atoms with Crippen LogP contribution in [0.2, 0.25) is 0 Å². The molecule has 0 aliphatic heterocycles. The van der Waals surface area contributed by atoms with E-state index in [2.05, 4.69) is 5.32 Å². The van der Waals surface area contributed by atoms with Crippen molar-refractivity contribution < 1.29 is 22.7 Å². The molecule has 2 aromatic carbocycles. The minimum absolute atomic E-state index is 0.0172. The van der Waals surface area contributed by atoms with Gasteiger partial charge in [-0.3, -0.25) is 9.59 Å². The van der Waals surface area contributed by atoms with Crippen LogP contribution in [0.5, 0.6) is 11.5 Å². The summed E-state index contributed by atoms with van der Waals surface area (Å²) in [5, 5.41) is 2.69. The Morgan fingerprint density at radius 1 is 0.969 bits per heavy atom. The van der Waals surface area contributed by atoms with Crippen LogP contribution in [0.1, 0.15) is 11.3 Å². The van der Waals surface area contributed by atoms with Gasteiger partial charge in [0.25, 0.3) is 5.56 Å². The molecule has 0 saturated heterocycles. The molecule has 32 heavy (non-hydrogen) atoms. The van der Waals surface area contributed by atoms with E-state index in [-0.39, 0.29) is 16.3 Å². The summed E-state index contributed by atoms with van der Waals surface area (Å²) in [6, 6.07) is 14.2. The molecule has 0 aliphatic carbocycles. The van der Waals surface area contributed by atoms with Gasteiger partial charge in [-0.25, -0.2) is 8.42 Å². The van der Waals surface area contributed by atoms with Crippen molar-refractivity contribution in [3.63, 3.8) is 0 Å². The Morgan fingerprint density at radius 3 is 2.12 bits per heavy atom. The van der Waals surface area contributed by atoms with Gasteiger partial charge in [0.2, 0.25) is 15.7 Å². The molecule has 3 aromatic rings.